The summed E-state index contributed by atoms with van der Waals surface area (Å²) in [5.74, 6) is -1.99. The van der Waals surface area contributed by atoms with Gasteiger partial charge in [-0.25, -0.2) is 4.79 Å². The largest absolute Gasteiger partial charge is 0.481 e. The van der Waals surface area contributed by atoms with Crippen LogP contribution in [0, 0.1) is 5.92 Å². The van der Waals surface area contributed by atoms with Crippen molar-refractivity contribution in [2.45, 2.75) is 63.5 Å². The molecule has 0 radical (unpaired) electrons. The molecular formula is C27H32N2O5. The van der Waals surface area contributed by atoms with Crippen LogP contribution in [-0.2, 0) is 14.3 Å². The molecule has 2 aromatic rings. The first kappa shape index (κ1) is 23.8. The number of nitrogens with one attached hydrogen (secondary N) is 2. The molecule has 180 valence electrons. The second-order valence-corrected chi connectivity index (χ2v) is 9.47. The maximum absolute atomic E-state index is 13.0. The van der Waals surface area contributed by atoms with E-state index in [1.54, 1.807) is 13.8 Å². The molecule has 2 aliphatic carbocycles. The second kappa shape index (κ2) is 9.87. The molecule has 1 saturated carbocycles. The van der Waals surface area contributed by atoms with E-state index in [4.69, 9.17) is 4.74 Å². The van der Waals surface area contributed by atoms with Crippen molar-refractivity contribution in [1.82, 2.24) is 10.6 Å². The quantitative estimate of drug-likeness (QED) is 0.561. The lowest BCUT2D eigenvalue weighted by Crippen LogP contribution is -2.59. The molecular weight excluding hydrogens is 432 g/mol. The van der Waals surface area contributed by atoms with E-state index >= 15 is 0 Å². The van der Waals surface area contributed by atoms with Crippen molar-refractivity contribution >= 4 is 18.0 Å². The monoisotopic (exact) mass is 464 g/mol. The van der Waals surface area contributed by atoms with Crippen LogP contribution in [0.2, 0.25) is 0 Å². The molecule has 4 rings (SSSR count). The maximum atomic E-state index is 13.0. The fraction of sp³-hybridized carbons (Fsp3) is 0.444. The van der Waals surface area contributed by atoms with Gasteiger partial charge in [-0.15, -0.1) is 0 Å². The highest BCUT2D eigenvalue weighted by molar-refractivity contribution is 5.87. The zero-order chi connectivity index (χ0) is 24.3. The minimum atomic E-state index is -0.903. The van der Waals surface area contributed by atoms with Gasteiger partial charge in [0.1, 0.15) is 12.6 Å². The van der Waals surface area contributed by atoms with Crippen molar-refractivity contribution in [3.05, 3.63) is 59.7 Å². The van der Waals surface area contributed by atoms with Gasteiger partial charge in [-0.2, -0.15) is 0 Å². The third kappa shape index (κ3) is 4.65. The SMILES string of the molecule is CC[C@@H](NC(=O)OCC1c2ccccc2-c2ccccc21)C(=O)NC1(C)CCCCC1C(=O)O. The second-order valence-electron chi connectivity index (χ2n) is 9.47. The number of fused-ring (bicyclic) bond motifs is 3. The zero-order valence-corrected chi connectivity index (χ0v) is 19.7. The van der Waals surface area contributed by atoms with Crippen LogP contribution in [0.4, 0.5) is 4.79 Å². The normalized spacial score (nSPS) is 22.2. The number of ether oxygens (including phenoxy) is 1. The van der Waals surface area contributed by atoms with E-state index in [2.05, 4.69) is 22.8 Å². The predicted octanol–water partition coefficient (Wildman–Crippen LogP) is 4.45. The van der Waals surface area contributed by atoms with Gasteiger partial charge in [0.25, 0.3) is 0 Å². The lowest BCUT2D eigenvalue weighted by Gasteiger charge is -2.40. The van der Waals surface area contributed by atoms with Crippen molar-refractivity contribution in [2.75, 3.05) is 6.61 Å². The summed E-state index contributed by atoms with van der Waals surface area (Å²) in [5.41, 5.74) is 3.69. The van der Waals surface area contributed by atoms with Crippen LogP contribution >= 0.6 is 0 Å². The first-order valence-electron chi connectivity index (χ1n) is 12.0. The number of carboxylic acid groups (broad SMARTS) is 1. The molecule has 2 aliphatic rings. The fourth-order valence-corrected chi connectivity index (χ4v) is 5.38. The van der Waals surface area contributed by atoms with Crippen LogP contribution in [0.15, 0.2) is 48.5 Å². The van der Waals surface area contributed by atoms with Gasteiger partial charge < -0.3 is 20.5 Å². The molecule has 2 aromatic carbocycles. The number of rotatable bonds is 7. The number of carboxylic acids is 1. The summed E-state index contributed by atoms with van der Waals surface area (Å²) in [4.78, 5) is 37.3. The molecule has 0 aliphatic heterocycles. The topological polar surface area (TPSA) is 105 Å². The van der Waals surface area contributed by atoms with Crippen LogP contribution in [0.1, 0.15) is 63.0 Å². The van der Waals surface area contributed by atoms with Crippen molar-refractivity contribution in [3.63, 3.8) is 0 Å². The van der Waals surface area contributed by atoms with Gasteiger partial charge in [0.05, 0.1) is 11.5 Å². The van der Waals surface area contributed by atoms with E-state index in [9.17, 15) is 19.5 Å². The molecule has 0 heterocycles. The molecule has 34 heavy (non-hydrogen) atoms. The molecule has 7 heteroatoms. The smallest absolute Gasteiger partial charge is 0.407 e. The van der Waals surface area contributed by atoms with Crippen LogP contribution < -0.4 is 10.6 Å². The molecule has 2 unspecified atom stereocenters. The summed E-state index contributed by atoms with van der Waals surface area (Å²) in [6, 6.07) is 15.4. The van der Waals surface area contributed by atoms with Crippen LogP contribution in [0.25, 0.3) is 11.1 Å². The Hall–Kier alpha value is -3.35. The maximum Gasteiger partial charge on any atom is 0.407 e. The highest BCUT2D eigenvalue weighted by Gasteiger charge is 2.43. The van der Waals surface area contributed by atoms with Crippen molar-refractivity contribution < 1.29 is 24.2 Å². The Morgan fingerprint density at radius 3 is 2.26 bits per heavy atom. The number of carbonyl (C=O) groups is 3. The predicted molar refractivity (Wildman–Crippen MR) is 128 cm³/mol. The number of carbonyl (C=O) groups excluding carboxylic acids is 2. The molecule has 1 fully saturated rings. The van der Waals surface area contributed by atoms with E-state index < -0.39 is 29.6 Å². The van der Waals surface area contributed by atoms with Gasteiger partial charge in [-0.3, -0.25) is 9.59 Å². The minimum Gasteiger partial charge on any atom is -0.481 e. The Morgan fingerprint density at radius 2 is 1.68 bits per heavy atom. The highest BCUT2D eigenvalue weighted by Crippen LogP contribution is 2.44. The standard InChI is InChI=1S/C27H32N2O5/c1-3-23(24(30)29-27(2)15-9-8-14-22(27)25(31)32)28-26(33)34-16-21-19-12-6-4-10-17(19)18-11-5-7-13-20(18)21/h4-7,10-13,21-23H,3,8-9,14-16H2,1-2H3,(H,28,33)(H,29,30)(H,31,32)/t22?,23-,27?/m1/s1. The third-order valence-electron chi connectivity index (χ3n) is 7.28. The summed E-state index contributed by atoms with van der Waals surface area (Å²) < 4.78 is 5.57. The molecule has 3 atom stereocenters. The van der Waals surface area contributed by atoms with Crippen LogP contribution in [-0.4, -0.2) is 41.3 Å². The van der Waals surface area contributed by atoms with E-state index in [-0.39, 0.29) is 18.4 Å². The van der Waals surface area contributed by atoms with Gasteiger partial charge in [0.2, 0.25) is 5.91 Å². The zero-order valence-electron chi connectivity index (χ0n) is 19.7. The Balaban J connectivity index is 1.38. The lowest BCUT2D eigenvalue weighted by molar-refractivity contribution is -0.147. The van der Waals surface area contributed by atoms with Gasteiger partial charge in [0.15, 0.2) is 0 Å². The number of aliphatic carboxylic acids is 1. The Labute approximate surface area is 199 Å². The van der Waals surface area contributed by atoms with Crippen molar-refractivity contribution in [2.24, 2.45) is 5.92 Å². The summed E-state index contributed by atoms with van der Waals surface area (Å²) in [7, 11) is 0. The number of amides is 2. The fourth-order valence-electron chi connectivity index (χ4n) is 5.38. The van der Waals surface area contributed by atoms with Crippen molar-refractivity contribution in [3.8, 4) is 11.1 Å². The first-order chi connectivity index (χ1) is 16.3. The Kier molecular flexibility index (Phi) is 6.91. The highest BCUT2D eigenvalue weighted by atomic mass is 16.5. The van der Waals surface area contributed by atoms with Gasteiger partial charge >= 0.3 is 12.1 Å². The molecule has 3 N–H and O–H groups in total. The number of hydrogen-bond acceptors (Lipinski definition) is 4. The average molecular weight is 465 g/mol. The molecule has 2 amide bonds. The third-order valence-corrected chi connectivity index (χ3v) is 7.28. The minimum absolute atomic E-state index is 0.0653. The Bertz CT molecular complexity index is 1040. The molecule has 0 saturated heterocycles. The van der Waals surface area contributed by atoms with Crippen molar-refractivity contribution in [1.29, 1.82) is 0 Å². The summed E-state index contributed by atoms with van der Waals surface area (Å²) in [6.07, 6.45) is 2.52. The Morgan fingerprint density at radius 1 is 1.06 bits per heavy atom. The number of benzene rings is 2. The lowest BCUT2D eigenvalue weighted by atomic mass is 9.73. The molecule has 0 spiro atoms. The average Bonchev–Trinajstić information content (AvgIpc) is 3.14. The van der Waals surface area contributed by atoms with E-state index in [0.29, 0.717) is 19.3 Å². The number of alkyl carbamates (subject to hydrolysis) is 1. The summed E-state index contributed by atoms with van der Waals surface area (Å²) in [5, 5.41) is 15.2. The van der Waals surface area contributed by atoms with Gasteiger partial charge in [0, 0.05) is 5.92 Å². The van der Waals surface area contributed by atoms with Gasteiger partial charge in [-0.05, 0) is 48.4 Å². The van der Waals surface area contributed by atoms with E-state index in [0.717, 1.165) is 35.1 Å². The van der Waals surface area contributed by atoms with E-state index in [1.165, 1.54) is 0 Å². The van der Waals surface area contributed by atoms with Crippen LogP contribution in [0.3, 0.4) is 0 Å². The van der Waals surface area contributed by atoms with E-state index in [1.807, 2.05) is 36.4 Å². The summed E-state index contributed by atoms with van der Waals surface area (Å²) in [6.45, 7) is 3.74. The molecule has 7 nitrogen and oxygen atoms in total. The summed E-state index contributed by atoms with van der Waals surface area (Å²) >= 11 is 0. The number of hydrogen-bond donors (Lipinski definition) is 3. The molecule has 0 bridgehead atoms. The molecule has 0 aromatic heterocycles. The first-order valence-corrected chi connectivity index (χ1v) is 12.0. The van der Waals surface area contributed by atoms with Gasteiger partial charge in [-0.1, -0.05) is 68.3 Å². The van der Waals surface area contributed by atoms with Crippen LogP contribution in [0.5, 0.6) is 0 Å².